The highest BCUT2D eigenvalue weighted by atomic mass is 35.5. The van der Waals surface area contributed by atoms with Crippen LogP contribution < -0.4 is 10.6 Å². The number of carboxylic acids is 1. The number of thiocarbonyl (C=S) groups is 1. The van der Waals surface area contributed by atoms with E-state index in [0.29, 0.717) is 21.6 Å². The summed E-state index contributed by atoms with van der Waals surface area (Å²) < 4.78 is 0. The summed E-state index contributed by atoms with van der Waals surface area (Å²) in [5.74, 6) is -0.687. The average molecular weight is 371 g/mol. The molecule has 1 heterocycles. The normalized spacial score (nSPS) is 11.6. The molecule has 0 aliphatic carbocycles. The highest BCUT2D eigenvalue weighted by molar-refractivity contribution is 7.80. The van der Waals surface area contributed by atoms with Gasteiger partial charge in [-0.2, -0.15) is 0 Å². The first-order valence-electron chi connectivity index (χ1n) is 6.47. The SMILES string of the molecule is O=C(O)CC(NC(=S)Nc1ncccn1)c1ccc(Cl)cc1Cl. The van der Waals surface area contributed by atoms with Crippen molar-refractivity contribution in [2.24, 2.45) is 0 Å². The van der Waals surface area contributed by atoms with Gasteiger partial charge in [0.1, 0.15) is 0 Å². The number of carbonyl (C=O) groups is 1. The average Bonchev–Trinajstić information content (AvgIpc) is 2.47. The van der Waals surface area contributed by atoms with Crippen LogP contribution in [0, 0.1) is 0 Å². The number of rotatable bonds is 5. The summed E-state index contributed by atoms with van der Waals surface area (Å²) >= 11 is 17.2. The molecule has 120 valence electrons. The van der Waals surface area contributed by atoms with Crippen LogP contribution >= 0.6 is 35.4 Å². The molecule has 1 aromatic carbocycles. The number of hydrogen-bond acceptors (Lipinski definition) is 4. The smallest absolute Gasteiger partial charge is 0.305 e. The molecule has 1 unspecified atom stereocenters. The quantitative estimate of drug-likeness (QED) is 0.696. The Balaban J connectivity index is 2.15. The van der Waals surface area contributed by atoms with Crippen molar-refractivity contribution in [3.05, 3.63) is 52.3 Å². The Labute approximate surface area is 147 Å². The van der Waals surface area contributed by atoms with Gasteiger partial charge in [-0.1, -0.05) is 29.3 Å². The third kappa shape index (κ3) is 5.31. The number of aromatic nitrogens is 2. The topological polar surface area (TPSA) is 87.1 Å². The summed E-state index contributed by atoms with van der Waals surface area (Å²) in [5, 5.41) is 15.8. The molecule has 0 saturated carbocycles. The molecule has 1 aromatic heterocycles. The van der Waals surface area contributed by atoms with Crippen LogP contribution in [0.5, 0.6) is 0 Å². The van der Waals surface area contributed by atoms with E-state index in [1.54, 1.807) is 36.7 Å². The van der Waals surface area contributed by atoms with Gasteiger partial charge in [-0.25, -0.2) is 9.97 Å². The number of halogens is 2. The number of hydrogen-bond donors (Lipinski definition) is 3. The van der Waals surface area contributed by atoms with E-state index in [1.165, 1.54) is 0 Å². The lowest BCUT2D eigenvalue weighted by molar-refractivity contribution is -0.137. The first kappa shape index (κ1) is 17.4. The lowest BCUT2D eigenvalue weighted by Gasteiger charge is -2.20. The molecule has 0 radical (unpaired) electrons. The van der Waals surface area contributed by atoms with E-state index in [2.05, 4.69) is 20.6 Å². The van der Waals surface area contributed by atoms with Crippen LogP contribution in [0.3, 0.4) is 0 Å². The molecular weight excluding hydrogens is 359 g/mol. The van der Waals surface area contributed by atoms with Crippen LogP contribution in [0.1, 0.15) is 18.0 Å². The van der Waals surface area contributed by atoms with E-state index < -0.39 is 12.0 Å². The van der Waals surface area contributed by atoms with Crippen LogP contribution in [0.15, 0.2) is 36.7 Å². The minimum absolute atomic E-state index is 0.188. The highest BCUT2D eigenvalue weighted by Crippen LogP contribution is 2.28. The van der Waals surface area contributed by atoms with Crippen molar-refractivity contribution in [2.75, 3.05) is 5.32 Å². The summed E-state index contributed by atoms with van der Waals surface area (Å²) in [6.07, 6.45) is 2.91. The van der Waals surface area contributed by atoms with Gasteiger partial charge in [0.05, 0.1) is 12.5 Å². The fourth-order valence-electron chi connectivity index (χ4n) is 1.86. The molecule has 2 rings (SSSR count). The number of anilines is 1. The Morgan fingerprint density at radius 3 is 2.61 bits per heavy atom. The van der Waals surface area contributed by atoms with Crippen LogP contribution in [-0.4, -0.2) is 26.2 Å². The number of benzene rings is 1. The summed E-state index contributed by atoms with van der Waals surface area (Å²) in [6.45, 7) is 0. The molecule has 3 N–H and O–H groups in total. The van der Waals surface area contributed by atoms with Crippen LogP contribution in [-0.2, 0) is 4.79 Å². The van der Waals surface area contributed by atoms with E-state index in [-0.39, 0.29) is 11.5 Å². The van der Waals surface area contributed by atoms with Gasteiger partial charge in [-0.15, -0.1) is 0 Å². The summed E-state index contributed by atoms with van der Waals surface area (Å²) in [4.78, 5) is 19.1. The second-order valence-corrected chi connectivity index (χ2v) is 5.74. The van der Waals surface area contributed by atoms with Crippen LogP contribution in [0.25, 0.3) is 0 Å². The third-order valence-corrected chi connectivity index (χ3v) is 3.60. The van der Waals surface area contributed by atoms with Gasteiger partial charge in [0.2, 0.25) is 5.95 Å². The van der Waals surface area contributed by atoms with E-state index in [1.807, 2.05) is 0 Å². The monoisotopic (exact) mass is 370 g/mol. The molecule has 6 nitrogen and oxygen atoms in total. The maximum atomic E-state index is 11.1. The van der Waals surface area contributed by atoms with Crippen molar-refractivity contribution in [1.82, 2.24) is 15.3 Å². The highest BCUT2D eigenvalue weighted by Gasteiger charge is 2.19. The van der Waals surface area contributed by atoms with Gasteiger partial charge < -0.3 is 15.7 Å². The molecule has 9 heteroatoms. The maximum Gasteiger partial charge on any atom is 0.305 e. The van der Waals surface area contributed by atoms with E-state index in [0.717, 1.165) is 0 Å². The third-order valence-electron chi connectivity index (χ3n) is 2.81. The predicted molar refractivity (Wildman–Crippen MR) is 92.8 cm³/mol. The van der Waals surface area contributed by atoms with Gasteiger partial charge in [0, 0.05) is 22.4 Å². The standard InChI is InChI=1S/C14H12Cl2N4O2S/c15-8-2-3-9(10(16)6-8)11(7-12(21)22)19-14(23)20-13-17-4-1-5-18-13/h1-6,11H,7H2,(H,21,22)(H2,17,18,19,20,23). The molecule has 23 heavy (non-hydrogen) atoms. The second-order valence-electron chi connectivity index (χ2n) is 4.49. The van der Waals surface area contributed by atoms with E-state index in [9.17, 15) is 4.79 Å². The van der Waals surface area contributed by atoms with Crippen molar-refractivity contribution in [2.45, 2.75) is 12.5 Å². The molecule has 0 amide bonds. The van der Waals surface area contributed by atoms with Crippen molar-refractivity contribution in [1.29, 1.82) is 0 Å². The summed E-state index contributed by atoms with van der Waals surface area (Å²) in [6, 6.07) is 5.89. The van der Waals surface area contributed by atoms with Crippen molar-refractivity contribution in [3.63, 3.8) is 0 Å². The zero-order valence-electron chi connectivity index (χ0n) is 11.7. The van der Waals surface area contributed by atoms with E-state index in [4.69, 9.17) is 40.5 Å². The molecule has 0 spiro atoms. The van der Waals surface area contributed by atoms with Crippen molar-refractivity contribution >= 4 is 52.4 Å². The largest absolute Gasteiger partial charge is 0.481 e. The number of nitrogens with zero attached hydrogens (tertiary/aromatic N) is 2. The molecule has 0 aliphatic heterocycles. The van der Waals surface area contributed by atoms with Crippen molar-refractivity contribution < 1.29 is 9.90 Å². The maximum absolute atomic E-state index is 11.1. The van der Waals surface area contributed by atoms with E-state index >= 15 is 0 Å². The number of nitrogens with one attached hydrogen (secondary N) is 2. The Hall–Kier alpha value is -1.96. The van der Waals surface area contributed by atoms with Gasteiger partial charge >= 0.3 is 5.97 Å². The Morgan fingerprint density at radius 2 is 2.00 bits per heavy atom. The van der Waals surface area contributed by atoms with Gasteiger partial charge in [0.15, 0.2) is 5.11 Å². The first-order valence-corrected chi connectivity index (χ1v) is 7.63. The molecule has 1 atom stereocenters. The lowest BCUT2D eigenvalue weighted by atomic mass is 10.0. The molecular formula is C14H12Cl2N4O2S. The van der Waals surface area contributed by atoms with Crippen LogP contribution in [0.2, 0.25) is 10.0 Å². The summed E-state index contributed by atoms with van der Waals surface area (Å²) in [7, 11) is 0. The first-order chi connectivity index (χ1) is 11.0. The van der Waals surface area contributed by atoms with Crippen molar-refractivity contribution in [3.8, 4) is 0 Å². The van der Waals surface area contributed by atoms with Gasteiger partial charge in [-0.3, -0.25) is 4.79 Å². The van der Waals surface area contributed by atoms with Gasteiger partial charge in [-0.05, 0) is 36.0 Å². The molecule has 0 saturated heterocycles. The molecule has 0 fully saturated rings. The number of aliphatic carboxylic acids is 1. The zero-order valence-corrected chi connectivity index (χ0v) is 14.0. The Bertz CT molecular complexity index is 715. The minimum atomic E-state index is -0.993. The lowest BCUT2D eigenvalue weighted by Crippen LogP contribution is -2.34. The summed E-state index contributed by atoms with van der Waals surface area (Å²) in [5.41, 5.74) is 0.580. The number of carboxylic acid groups (broad SMARTS) is 1. The predicted octanol–water partition coefficient (Wildman–Crippen LogP) is 3.29. The molecule has 0 bridgehead atoms. The van der Waals surface area contributed by atoms with Gasteiger partial charge in [0.25, 0.3) is 0 Å². The minimum Gasteiger partial charge on any atom is -0.481 e. The second kappa shape index (κ2) is 8.05. The van der Waals surface area contributed by atoms with Crippen LogP contribution in [0.4, 0.5) is 5.95 Å². The zero-order chi connectivity index (χ0) is 16.8. The fraction of sp³-hybridized carbons (Fsp3) is 0.143. The Morgan fingerprint density at radius 1 is 1.30 bits per heavy atom. The molecule has 2 aromatic rings. The Kier molecular flexibility index (Phi) is 6.09. The molecule has 0 aliphatic rings. The fourth-order valence-corrected chi connectivity index (χ4v) is 2.63.